The predicted octanol–water partition coefficient (Wildman–Crippen LogP) is 2.37. The molecule has 2 amide bonds. The fourth-order valence-electron chi connectivity index (χ4n) is 3.77. The van der Waals surface area contributed by atoms with Crippen LogP contribution in [0.25, 0.3) is 0 Å². The van der Waals surface area contributed by atoms with Crippen LogP contribution in [0.5, 0.6) is 0 Å². The number of aldehydes is 1. The van der Waals surface area contributed by atoms with Gasteiger partial charge in [0.2, 0.25) is 0 Å². The second kappa shape index (κ2) is 6.98. The number of fused-ring (bicyclic) bond motifs is 1. The molecule has 0 aliphatic carbocycles. The number of likely N-dealkylation sites (N-methyl/N-ethyl adjacent to an activating group) is 1. The zero-order valence-corrected chi connectivity index (χ0v) is 15.6. The molecule has 140 valence electrons. The Labute approximate surface area is 158 Å². The van der Waals surface area contributed by atoms with E-state index in [9.17, 15) is 9.59 Å². The number of urea groups is 1. The Hall–Kier alpha value is -2.96. The van der Waals surface area contributed by atoms with Gasteiger partial charge < -0.3 is 9.80 Å². The van der Waals surface area contributed by atoms with Crippen LogP contribution in [-0.4, -0.2) is 53.5 Å². The van der Waals surface area contributed by atoms with Crippen molar-refractivity contribution in [3.8, 4) is 0 Å². The van der Waals surface area contributed by atoms with Crippen molar-refractivity contribution in [2.24, 2.45) is 0 Å². The smallest absolute Gasteiger partial charge is 0.326 e. The highest BCUT2D eigenvalue weighted by atomic mass is 16.2. The molecule has 0 spiro atoms. The van der Waals surface area contributed by atoms with Crippen LogP contribution in [0.3, 0.4) is 0 Å². The van der Waals surface area contributed by atoms with Crippen molar-refractivity contribution in [1.82, 2.24) is 14.9 Å². The van der Waals surface area contributed by atoms with Crippen LogP contribution in [0.4, 0.5) is 16.3 Å². The van der Waals surface area contributed by atoms with Crippen molar-refractivity contribution in [2.75, 3.05) is 29.9 Å². The third-order valence-electron chi connectivity index (χ3n) is 5.37. The summed E-state index contributed by atoms with van der Waals surface area (Å²) in [4.78, 5) is 38.9. The molecule has 2 aromatic rings. The first-order valence-electron chi connectivity index (χ1n) is 9.27. The second-order valence-electron chi connectivity index (χ2n) is 7.11. The van der Waals surface area contributed by atoms with Crippen molar-refractivity contribution in [1.29, 1.82) is 0 Å². The highest BCUT2D eigenvalue weighted by Crippen LogP contribution is 2.37. The average Bonchev–Trinajstić information content (AvgIpc) is 3.30. The maximum Gasteiger partial charge on any atom is 0.326 e. The van der Waals surface area contributed by atoms with Crippen LogP contribution in [0.15, 0.2) is 30.5 Å². The van der Waals surface area contributed by atoms with Crippen LogP contribution >= 0.6 is 0 Å². The Morgan fingerprint density at radius 3 is 2.70 bits per heavy atom. The molecule has 7 nitrogen and oxygen atoms in total. The lowest BCUT2D eigenvalue weighted by molar-refractivity contribution is -0.108. The lowest BCUT2D eigenvalue weighted by Gasteiger charge is -2.28. The molecule has 4 rings (SSSR count). The summed E-state index contributed by atoms with van der Waals surface area (Å²) in [6.45, 7) is 3.52. The van der Waals surface area contributed by atoms with Crippen LogP contribution < -0.4 is 9.80 Å². The summed E-state index contributed by atoms with van der Waals surface area (Å²) in [6, 6.07) is 7.99. The van der Waals surface area contributed by atoms with Gasteiger partial charge in [0.15, 0.2) is 18.3 Å². The molecule has 1 aromatic carbocycles. The molecule has 1 fully saturated rings. The molecule has 1 aromatic heterocycles. The molecule has 1 unspecified atom stereocenters. The molecular formula is C20H23N5O2. The molecule has 0 saturated carbocycles. The molecule has 0 N–H and O–H groups in total. The molecule has 2 aliphatic rings. The van der Waals surface area contributed by atoms with Crippen molar-refractivity contribution in [2.45, 2.75) is 32.4 Å². The third kappa shape index (κ3) is 3.03. The highest BCUT2D eigenvalue weighted by molar-refractivity contribution is 6.02. The Morgan fingerprint density at radius 1 is 1.26 bits per heavy atom. The molecule has 1 saturated heterocycles. The van der Waals surface area contributed by atoms with E-state index in [1.165, 1.54) is 10.5 Å². The minimum absolute atomic E-state index is 0.148. The van der Waals surface area contributed by atoms with Gasteiger partial charge >= 0.3 is 6.03 Å². The third-order valence-corrected chi connectivity index (χ3v) is 5.37. The highest BCUT2D eigenvalue weighted by Gasteiger charge is 2.41. The molecule has 2 aliphatic heterocycles. The number of amides is 2. The first-order valence-corrected chi connectivity index (χ1v) is 9.27. The van der Waals surface area contributed by atoms with E-state index in [1.54, 1.807) is 23.0 Å². The van der Waals surface area contributed by atoms with Gasteiger partial charge in [-0.05, 0) is 30.9 Å². The Kier molecular flexibility index (Phi) is 4.51. The van der Waals surface area contributed by atoms with Crippen molar-refractivity contribution in [3.63, 3.8) is 0 Å². The van der Waals surface area contributed by atoms with E-state index in [4.69, 9.17) is 0 Å². The lowest BCUT2D eigenvalue weighted by atomic mass is 10.1. The Bertz CT molecular complexity index is 878. The fourth-order valence-corrected chi connectivity index (χ4v) is 3.77. The van der Waals surface area contributed by atoms with Gasteiger partial charge in [-0.15, -0.1) is 0 Å². The number of anilines is 2. The number of benzene rings is 1. The van der Waals surface area contributed by atoms with Gasteiger partial charge in [-0.2, -0.15) is 0 Å². The van der Waals surface area contributed by atoms with Gasteiger partial charge in [-0.1, -0.05) is 24.3 Å². The van der Waals surface area contributed by atoms with Gasteiger partial charge in [0.1, 0.15) is 11.5 Å². The molecular weight excluding hydrogens is 342 g/mol. The predicted molar refractivity (Wildman–Crippen MR) is 103 cm³/mol. The quantitative estimate of drug-likeness (QED) is 0.781. The Balaban J connectivity index is 1.66. The van der Waals surface area contributed by atoms with Crippen LogP contribution in [0.2, 0.25) is 0 Å². The molecule has 0 bridgehead atoms. The van der Waals surface area contributed by atoms with Crippen LogP contribution in [-0.2, 0) is 11.2 Å². The summed E-state index contributed by atoms with van der Waals surface area (Å²) < 4.78 is 0. The topological polar surface area (TPSA) is 69.6 Å². The summed E-state index contributed by atoms with van der Waals surface area (Å²) in [5, 5.41) is 0. The van der Waals surface area contributed by atoms with Gasteiger partial charge in [0.25, 0.3) is 0 Å². The first-order chi connectivity index (χ1) is 13.1. The zero-order chi connectivity index (χ0) is 19.0. The number of carbonyl (C=O) groups excluding carboxylic acids is 2. The molecule has 3 heterocycles. The van der Waals surface area contributed by atoms with Crippen molar-refractivity contribution < 1.29 is 9.59 Å². The van der Waals surface area contributed by atoms with E-state index in [0.29, 0.717) is 23.8 Å². The second-order valence-corrected chi connectivity index (χ2v) is 7.11. The maximum atomic E-state index is 13.0. The van der Waals surface area contributed by atoms with Crippen molar-refractivity contribution in [3.05, 3.63) is 47.4 Å². The average molecular weight is 365 g/mol. The number of carbonyl (C=O) groups is 2. The van der Waals surface area contributed by atoms with E-state index < -0.39 is 6.17 Å². The standard InChI is InChI=1S/C20H23N5O2/c1-14-7-3-4-8-15(14)11-17-21-12-16-19(22-17)23(2)18(13-26)25(16)20(27)24-9-5-6-10-24/h3-4,7-8,12-13,18H,5-6,9-11H2,1-2H3. The van der Waals surface area contributed by atoms with Gasteiger partial charge in [-0.25, -0.2) is 14.8 Å². The molecule has 0 radical (unpaired) electrons. The van der Waals surface area contributed by atoms with E-state index in [2.05, 4.69) is 29.0 Å². The summed E-state index contributed by atoms with van der Waals surface area (Å²) in [5.74, 6) is 1.30. The number of nitrogens with zero attached hydrogens (tertiary/aromatic N) is 5. The molecule has 27 heavy (non-hydrogen) atoms. The van der Waals surface area contributed by atoms with E-state index in [-0.39, 0.29) is 6.03 Å². The number of rotatable bonds is 3. The molecule has 1 atom stereocenters. The number of aryl methyl sites for hydroxylation is 1. The van der Waals surface area contributed by atoms with Crippen LogP contribution in [0.1, 0.15) is 29.8 Å². The monoisotopic (exact) mass is 365 g/mol. The summed E-state index contributed by atoms with van der Waals surface area (Å²) in [6.07, 6.45) is 4.39. The van der Waals surface area contributed by atoms with E-state index >= 15 is 0 Å². The number of likely N-dealkylation sites (tertiary alicyclic amines) is 1. The summed E-state index contributed by atoms with van der Waals surface area (Å²) in [7, 11) is 1.79. The maximum absolute atomic E-state index is 13.0. The van der Waals surface area contributed by atoms with E-state index in [1.807, 2.05) is 12.1 Å². The van der Waals surface area contributed by atoms with E-state index in [0.717, 1.165) is 37.8 Å². The number of hydrogen-bond acceptors (Lipinski definition) is 5. The normalized spacial score (nSPS) is 18.7. The van der Waals surface area contributed by atoms with Crippen molar-refractivity contribution >= 4 is 23.8 Å². The zero-order valence-electron chi connectivity index (χ0n) is 15.6. The number of aromatic nitrogens is 2. The summed E-state index contributed by atoms with van der Waals surface area (Å²) >= 11 is 0. The van der Waals surface area contributed by atoms with Gasteiger partial charge in [0, 0.05) is 26.6 Å². The van der Waals surface area contributed by atoms with Gasteiger partial charge in [-0.3, -0.25) is 9.69 Å². The minimum atomic E-state index is -0.684. The SMILES string of the molecule is Cc1ccccc1Cc1ncc2c(n1)N(C)C(C=O)N2C(=O)N1CCCC1. The fraction of sp³-hybridized carbons (Fsp3) is 0.400. The Morgan fingerprint density at radius 2 is 2.00 bits per heavy atom. The summed E-state index contributed by atoms with van der Waals surface area (Å²) in [5.41, 5.74) is 2.95. The van der Waals surface area contributed by atoms with Gasteiger partial charge in [0.05, 0.1) is 6.20 Å². The largest absolute Gasteiger partial charge is 0.331 e. The minimum Gasteiger partial charge on any atom is -0.331 e. The number of hydrogen-bond donors (Lipinski definition) is 0. The van der Waals surface area contributed by atoms with Crippen LogP contribution in [0, 0.1) is 6.92 Å². The molecule has 7 heteroatoms. The lowest BCUT2D eigenvalue weighted by Crippen LogP contribution is -2.50. The first kappa shape index (κ1) is 17.5.